The smallest absolute Gasteiger partial charge is 0.0120 e. The SMILES string of the molecule is Cc1ccc(CC(N)Cc2c(C)cccc2C)cc1C. The third-order valence-electron chi connectivity index (χ3n) is 4.18. The van der Waals surface area contributed by atoms with Gasteiger partial charge >= 0.3 is 0 Å². The van der Waals surface area contributed by atoms with E-state index in [0.29, 0.717) is 0 Å². The van der Waals surface area contributed by atoms with Gasteiger partial charge in [0.05, 0.1) is 0 Å². The molecular formula is C19H25N. The van der Waals surface area contributed by atoms with Gasteiger partial charge in [-0.1, -0.05) is 36.4 Å². The molecule has 2 N–H and O–H groups in total. The molecule has 0 aliphatic carbocycles. The molecule has 1 heteroatoms. The lowest BCUT2D eigenvalue weighted by Gasteiger charge is -2.16. The number of aryl methyl sites for hydroxylation is 4. The van der Waals surface area contributed by atoms with Crippen molar-refractivity contribution in [2.24, 2.45) is 5.73 Å². The maximum Gasteiger partial charge on any atom is 0.0120 e. The van der Waals surface area contributed by atoms with E-state index in [0.717, 1.165) is 12.8 Å². The predicted octanol–water partition coefficient (Wildman–Crippen LogP) is 4.03. The van der Waals surface area contributed by atoms with Crippen molar-refractivity contribution in [3.05, 3.63) is 69.8 Å². The largest absolute Gasteiger partial charge is 0.327 e. The van der Waals surface area contributed by atoms with Crippen molar-refractivity contribution in [2.75, 3.05) is 0 Å². The van der Waals surface area contributed by atoms with Gasteiger partial charge in [0.1, 0.15) is 0 Å². The lowest BCUT2D eigenvalue weighted by atomic mass is 9.93. The molecule has 0 saturated carbocycles. The number of nitrogens with two attached hydrogens (primary N) is 1. The monoisotopic (exact) mass is 267 g/mol. The molecule has 2 aromatic carbocycles. The first-order valence-corrected chi connectivity index (χ1v) is 7.34. The van der Waals surface area contributed by atoms with Crippen LogP contribution in [-0.4, -0.2) is 6.04 Å². The van der Waals surface area contributed by atoms with Gasteiger partial charge in [-0.25, -0.2) is 0 Å². The van der Waals surface area contributed by atoms with Crippen LogP contribution in [0.4, 0.5) is 0 Å². The lowest BCUT2D eigenvalue weighted by Crippen LogP contribution is -2.26. The number of hydrogen-bond donors (Lipinski definition) is 1. The van der Waals surface area contributed by atoms with E-state index < -0.39 is 0 Å². The van der Waals surface area contributed by atoms with Gasteiger partial charge < -0.3 is 5.73 Å². The molecule has 0 aromatic heterocycles. The fourth-order valence-electron chi connectivity index (χ4n) is 2.74. The van der Waals surface area contributed by atoms with E-state index in [4.69, 9.17) is 5.73 Å². The van der Waals surface area contributed by atoms with Gasteiger partial charge in [0.2, 0.25) is 0 Å². The summed E-state index contributed by atoms with van der Waals surface area (Å²) in [6.45, 7) is 8.65. The average Bonchev–Trinajstić information content (AvgIpc) is 2.38. The minimum atomic E-state index is 0.178. The Balaban J connectivity index is 2.09. The molecule has 0 amide bonds. The van der Waals surface area contributed by atoms with Crippen molar-refractivity contribution in [2.45, 2.75) is 46.6 Å². The van der Waals surface area contributed by atoms with Gasteiger partial charge in [0.25, 0.3) is 0 Å². The highest BCUT2D eigenvalue weighted by Crippen LogP contribution is 2.17. The van der Waals surface area contributed by atoms with Gasteiger partial charge in [0, 0.05) is 6.04 Å². The first-order chi connectivity index (χ1) is 9.47. The molecule has 2 rings (SSSR count). The highest BCUT2D eigenvalue weighted by molar-refractivity contribution is 5.35. The molecule has 0 heterocycles. The summed E-state index contributed by atoms with van der Waals surface area (Å²) in [5, 5.41) is 0. The van der Waals surface area contributed by atoms with Crippen LogP contribution in [0, 0.1) is 27.7 Å². The van der Waals surface area contributed by atoms with Crippen molar-refractivity contribution in [1.29, 1.82) is 0 Å². The second kappa shape index (κ2) is 6.23. The van der Waals surface area contributed by atoms with Crippen LogP contribution in [0.1, 0.15) is 33.4 Å². The summed E-state index contributed by atoms with van der Waals surface area (Å²) >= 11 is 0. The maximum absolute atomic E-state index is 6.36. The Morgan fingerprint density at radius 3 is 2.05 bits per heavy atom. The number of hydrogen-bond acceptors (Lipinski definition) is 1. The third-order valence-corrected chi connectivity index (χ3v) is 4.18. The van der Waals surface area contributed by atoms with E-state index >= 15 is 0 Å². The van der Waals surface area contributed by atoms with Crippen molar-refractivity contribution in [3.63, 3.8) is 0 Å². The molecule has 0 saturated heterocycles. The number of benzene rings is 2. The summed E-state index contributed by atoms with van der Waals surface area (Å²) in [7, 11) is 0. The maximum atomic E-state index is 6.36. The predicted molar refractivity (Wildman–Crippen MR) is 87.2 cm³/mol. The Bertz CT molecular complexity index is 578. The van der Waals surface area contributed by atoms with Crippen LogP contribution < -0.4 is 5.73 Å². The first kappa shape index (κ1) is 14.8. The molecule has 0 fully saturated rings. The van der Waals surface area contributed by atoms with E-state index in [1.54, 1.807) is 0 Å². The first-order valence-electron chi connectivity index (χ1n) is 7.34. The van der Waals surface area contributed by atoms with E-state index in [9.17, 15) is 0 Å². The summed E-state index contributed by atoms with van der Waals surface area (Å²) in [5.74, 6) is 0. The normalized spacial score (nSPS) is 12.4. The molecule has 2 aromatic rings. The van der Waals surface area contributed by atoms with Gasteiger partial charge in [-0.2, -0.15) is 0 Å². The summed E-state index contributed by atoms with van der Waals surface area (Å²) < 4.78 is 0. The Labute approximate surface area is 122 Å². The molecule has 1 nitrogen and oxygen atoms in total. The van der Waals surface area contributed by atoms with Crippen LogP contribution in [0.2, 0.25) is 0 Å². The Morgan fingerprint density at radius 1 is 0.800 bits per heavy atom. The highest BCUT2D eigenvalue weighted by atomic mass is 14.6. The van der Waals surface area contributed by atoms with Crippen LogP contribution in [0.3, 0.4) is 0 Å². The fourth-order valence-corrected chi connectivity index (χ4v) is 2.74. The number of rotatable bonds is 4. The molecule has 20 heavy (non-hydrogen) atoms. The third kappa shape index (κ3) is 3.49. The van der Waals surface area contributed by atoms with Crippen LogP contribution in [-0.2, 0) is 12.8 Å². The topological polar surface area (TPSA) is 26.0 Å². The molecule has 106 valence electrons. The molecule has 0 spiro atoms. The minimum Gasteiger partial charge on any atom is -0.327 e. The van der Waals surface area contributed by atoms with Crippen LogP contribution in [0.5, 0.6) is 0 Å². The van der Waals surface area contributed by atoms with Gasteiger partial charge in [-0.3, -0.25) is 0 Å². The molecule has 0 radical (unpaired) electrons. The standard InChI is InChI=1S/C19H25N/c1-13-8-9-17(10-16(13)4)11-18(20)12-19-14(2)6-5-7-15(19)3/h5-10,18H,11-12,20H2,1-4H3. The van der Waals surface area contributed by atoms with Gasteiger partial charge in [-0.05, 0) is 73.9 Å². The second-order valence-electron chi connectivity index (χ2n) is 5.96. The zero-order valence-electron chi connectivity index (χ0n) is 13.0. The zero-order valence-corrected chi connectivity index (χ0v) is 13.0. The molecule has 1 atom stereocenters. The summed E-state index contributed by atoms with van der Waals surface area (Å²) in [6.07, 6.45) is 1.89. The van der Waals surface area contributed by atoms with E-state index in [1.807, 2.05) is 0 Å². The van der Waals surface area contributed by atoms with E-state index in [1.165, 1.54) is 33.4 Å². The molecule has 0 aliphatic rings. The Hall–Kier alpha value is -1.60. The van der Waals surface area contributed by atoms with Crippen molar-refractivity contribution < 1.29 is 0 Å². The van der Waals surface area contributed by atoms with E-state index in [2.05, 4.69) is 64.1 Å². The second-order valence-corrected chi connectivity index (χ2v) is 5.96. The van der Waals surface area contributed by atoms with Crippen molar-refractivity contribution in [1.82, 2.24) is 0 Å². The van der Waals surface area contributed by atoms with Crippen LogP contribution >= 0.6 is 0 Å². The van der Waals surface area contributed by atoms with Gasteiger partial charge in [0.15, 0.2) is 0 Å². The highest BCUT2D eigenvalue weighted by Gasteiger charge is 2.10. The van der Waals surface area contributed by atoms with Crippen LogP contribution in [0.15, 0.2) is 36.4 Å². The van der Waals surface area contributed by atoms with Crippen molar-refractivity contribution >= 4 is 0 Å². The summed E-state index contributed by atoms with van der Waals surface area (Å²) in [4.78, 5) is 0. The van der Waals surface area contributed by atoms with E-state index in [-0.39, 0.29) is 6.04 Å². The summed E-state index contributed by atoms with van der Waals surface area (Å²) in [5.41, 5.74) is 14.5. The Morgan fingerprint density at radius 2 is 1.45 bits per heavy atom. The average molecular weight is 267 g/mol. The minimum absolute atomic E-state index is 0.178. The van der Waals surface area contributed by atoms with Crippen molar-refractivity contribution in [3.8, 4) is 0 Å². The molecule has 0 aliphatic heterocycles. The molecule has 0 bridgehead atoms. The summed E-state index contributed by atoms with van der Waals surface area (Å²) in [6, 6.07) is 13.3. The molecule has 1 unspecified atom stereocenters. The van der Waals surface area contributed by atoms with Gasteiger partial charge in [-0.15, -0.1) is 0 Å². The fraction of sp³-hybridized carbons (Fsp3) is 0.368. The zero-order chi connectivity index (χ0) is 14.7. The quantitative estimate of drug-likeness (QED) is 0.889. The van der Waals surface area contributed by atoms with Crippen LogP contribution in [0.25, 0.3) is 0 Å². The Kier molecular flexibility index (Phi) is 4.61. The lowest BCUT2D eigenvalue weighted by molar-refractivity contribution is 0.660. The molecular weight excluding hydrogens is 242 g/mol.